The van der Waals surface area contributed by atoms with Crippen molar-refractivity contribution in [3.05, 3.63) is 29.8 Å². The molecule has 1 saturated carbocycles. The predicted molar refractivity (Wildman–Crippen MR) is 96.3 cm³/mol. The first kappa shape index (κ1) is 20.5. The maximum atomic E-state index is 10.0. The molecular weight excluding hydrogens is 310 g/mol. The van der Waals surface area contributed by atoms with Gasteiger partial charge >= 0.3 is 0 Å². The van der Waals surface area contributed by atoms with Gasteiger partial charge in [-0.3, -0.25) is 0 Å². The summed E-state index contributed by atoms with van der Waals surface area (Å²) >= 11 is 1.77. The van der Waals surface area contributed by atoms with Crippen molar-refractivity contribution in [3.63, 3.8) is 0 Å². The van der Waals surface area contributed by atoms with Crippen molar-refractivity contribution in [2.75, 3.05) is 12.3 Å². The average Bonchev–Trinajstić information content (AvgIpc) is 2.62. The Labute approximate surface area is 144 Å². The van der Waals surface area contributed by atoms with Gasteiger partial charge in [0.2, 0.25) is 5.79 Å². The Morgan fingerprint density at radius 2 is 1.87 bits per heavy atom. The molecule has 1 aliphatic carbocycles. The number of hydrogen-bond acceptors (Lipinski definition) is 5. The molecule has 5 heteroatoms. The monoisotopic (exact) mass is 341 g/mol. The van der Waals surface area contributed by atoms with Crippen LogP contribution in [0.25, 0.3) is 0 Å². The third kappa shape index (κ3) is 6.43. The van der Waals surface area contributed by atoms with Crippen molar-refractivity contribution in [3.8, 4) is 0 Å². The topological polar surface area (TPSA) is 86.7 Å². The van der Waals surface area contributed by atoms with E-state index in [1.807, 2.05) is 32.0 Å². The van der Waals surface area contributed by atoms with E-state index in [4.69, 9.17) is 5.73 Å². The molecule has 0 aromatic heterocycles. The molecule has 2 rings (SSSR count). The quantitative estimate of drug-likeness (QED) is 0.472. The van der Waals surface area contributed by atoms with Crippen LogP contribution < -0.4 is 5.73 Å². The van der Waals surface area contributed by atoms with Crippen molar-refractivity contribution in [1.82, 2.24) is 0 Å². The summed E-state index contributed by atoms with van der Waals surface area (Å²) in [6, 6.07) is 7.32. The van der Waals surface area contributed by atoms with Crippen molar-refractivity contribution in [2.24, 2.45) is 11.7 Å². The maximum Gasteiger partial charge on any atom is 0.206 e. The van der Waals surface area contributed by atoms with Crippen LogP contribution in [-0.4, -0.2) is 33.4 Å². The van der Waals surface area contributed by atoms with Crippen LogP contribution >= 0.6 is 11.8 Å². The number of hydrogen-bond donors (Lipinski definition) is 4. The highest BCUT2D eigenvalue weighted by atomic mass is 32.2. The maximum absolute atomic E-state index is 10.0. The van der Waals surface area contributed by atoms with E-state index in [0.717, 1.165) is 16.6 Å². The van der Waals surface area contributed by atoms with E-state index in [9.17, 15) is 15.3 Å². The third-order valence-corrected chi connectivity index (χ3v) is 5.35. The second-order valence-corrected chi connectivity index (χ2v) is 6.97. The van der Waals surface area contributed by atoms with Gasteiger partial charge in [0.15, 0.2) is 0 Å². The van der Waals surface area contributed by atoms with Gasteiger partial charge in [0.25, 0.3) is 0 Å². The Kier molecular flexibility index (Phi) is 9.17. The van der Waals surface area contributed by atoms with Crippen LogP contribution in [0.4, 0.5) is 0 Å². The van der Waals surface area contributed by atoms with Crippen molar-refractivity contribution < 1.29 is 15.3 Å². The molecule has 23 heavy (non-hydrogen) atoms. The smallest absolute Gasteiger partial charge is 0.206 e. The minimum absolute atomic E-state index is 0.409. The van der Waals surface area contributed by atoms with Gasteiger partial charge in [-0.05, 0) is 36.5 Å². The highest BCUT2D eigenvalue weighted by Crippen LogP contribution is 2.32. The van der Waals surface area contributed by atoms with Gasteiger partial charge in [-0.1, -0.05) is 45.2 Å². The van der Waals surface area contributed by atoms with E-state index in [2.05, 4.69) is 0 Å². The van der Waals surface area contributed by atoms with E-state index >= 15 is 0 Å². The van der Waals surface area contributed by atoms with Crippen molar-refractivity contribution in [2.45, 2.75) is 62.7 Å². The van der Waals surface area contributed by atoms with Crippen LogP contribution in [0.15, 0.2) is 29.2 Å². The molecule has 0 bridgehead atoms. The number of aliphatic hydroxyl groups excluding tert-OH is 1. The Hall–Kier alpha value is -0.590. The molecule has 0 aliphatic heterocycles. The van der Waals surface area contributed by atoms with Crippen LogP contribution in [0.1, 0.15) is 57.6 Å². The molecule has 0 radical (unpaired) electrons. The van der Waals surface area contributed by atoms with E-state index in [0.29, 0.717) is 5.56 Å². The van der Waals surface area contributed by atoms with Crippen LogP contribution in [0.2, 0.25) is 0 Å². The standard InChI is InChI=1S/C16H25NO3S.C2H6/c17-11-16(19,20)15(18)13-7-4-8-14(9-13)21-10-12-5-2-1-3-6-12;1-2/h4,7-9,12,15,18-20H,1-3,5-6,10-11,17H2;1-2H3. The zero-order chi connectivity index (χ0) is 17.3. The molecular formula is C18H31NO3S. The second kappa shape index (κ2) is 10.3. The molecule has 0 heterocycles. The predicted octanol–water partition coefficient (Wildman–Crippen LogP) is 3.06. The normalized spacial score (nSPS) is 17.3. The van der Waals surface area contributed by atoms with Gasteiger partial charge < -0.3 is 21.1 Å². The molecule has 4 nitrogen and oxygen atoms in total. The fourth-order valence-electron chi connectivity index (χ4n) is 2.72. The van der Waals surface area contributed by atoms with Crippen LogP contribution in [0.3, 0.4) is 0 Å². The summed E-state index contributed by atoms with van der Waals surface area (Å²) in [5.74, 6) is -0.428. The largest absolute Gasteiger partial charge is 0.383 e. The lowest BCUT2D eigenvalue weighted by molar-refractivity contribution is -0.219. The molecule has 1 aliphatic rings. The first-order valence-electron chi connectivity index (χ1n) is 8.58. The lowest BCUT2D eigenvalue weighted by atomic mass is 9.91. The molecule has 1 fully saturated rings. The summed E-state index contributed by atoms with van der Waals surface area (Å²) < 4.78 is 0. The average molecular weight is 342 g/mol. The van der Waals surface area contributed by atoms with Crippen LogP contribution in [0.5, 0.6) is 0 Å². The summed E-state index contributed by atoms with van der Waals surface area (Å²) in [6.45, 7) is 3.59. The summed E-state index contributed by atoms with van der Waals surface area (Å²) in [7, 11) is 0. The minimum atomic E-state index is -2.29. The zero-order valence-corrected chi connectivity index (χ0v) is 15.1. The summed E-state index contributed by atoms with van der Waals surface area (Å²) in [5.41, 5.74) is 5.76. The Morgan fingerprint density at radius 3 is 2.48 bits per heavy atom. The molecule has 0 spiro atoms. The zero-order valence-electron chi connectivity index (χ0n) is 14.2. The number of nitrogens with two attached hydrogens (primary N) is 1. The van der Waals surface area contributed by atoms with E-state index < -0.39 is 18.4 Å². The third-order valence-electron chi connectivity index (χ3n) is 4.12. The second-order valence-electron chi connectivity index (χ2n) is 5.87. The molecule has 1 unspecified atom stereocenters. The van der Waals surface area contributed by atoms with Crippen molar-refractivity contribution in [1.29, 1.82) is 0 Å². The lowest BCUT2D eigenvalue weighted by Gasteiger charge is -2.26. The van der Waals surface area contributed by atoms with Gasteiger partial charge in [0.05, 0.1) is 0 Å². The molecule has 0 saturated heterocycles. The highest BCUT2D eigenvalue weighted by molar-refractivity contribution is 7.99. The Bertz CT molecular complexity index is 448. The molecule has 0 amide bonds. The Morgan fingerprint density at radius 1 is 1.22 bits per heavy atom. The first-order valence-corrected chi connectivity index (χ1v) is 9.57. The molecule has 1 atom stereocenters. The number of aliphatic hydroxyl groups is 3. The first-order chi connectivity index (χ1) is 11.0. The molecule has 1 aromatic rings. The fourth-order valence-corrected chi connectivity index (χ4v) is 3.88. The number of rotatable bonds is 6. The van der Waals surface area contributed by atoms with Gasteiger partial charge in [-0.15, -0.1) is 11.8 Å². The molecule has 5 N–H and O–H groups in total. The molecule has 132 valence electrons. The van der Waals surface area contributed by atoms with Crippen molar-refractivity contribution >= 4 is 11.8 Å². The van der Waals surface area contributed by atoms with Crippen LogP contribution in [-0.2, 0) is 0 Å². The summed E-state index contributed by atoms with van der Waals surface area (Å²) in [6.07, 6.45) is 5.24. The van der Waals surface area contributed by atoms with Gasteiger partial charge in [0.1, 0.15) is 6.10 Å². The highest BCUT2D eigenvalue weighted by Gasteiger charge is 2.32. The van der Waals surface area contributed by atoms with Gasteiger partial charge in [-0.25, -0.2) is 0 Å². The molecule has 1 aromatic carbocycles. The Balaban J connectivity index is 0.00000127. The van der Waals surface area contributed by atoms with E-state index in [-0.39, 0.29) is 0 Å². The fraction of sp³-hybridized carbons (Fsp3) is 0.667. The van der Waals surface area contributed by atoms with Gasteiger partial charge in [0, 0.05) is 17.2 Å². The number of benzene rings is 1. The van der Waals surface area contributed by atoms with E-state index in [1.165, 1.54) is 32.1 Å². The van der Waals surface area contributed by atoms with Crippen LogP contribution in [0, 0.1) is 5.92 Å². The number of thioether (sulfide) groups is 1. The SMILES string of the molecule is CC.NCC(O)(O)C(O)c1cccc(SCC2CCCCC2)c1. The minimum Gasteiger partial charge on any atom is -0.383 e. The summed E-state index contributed by atoms with van der Waals surface area (Å²) in [5, 5.41) is 29.3. The lowest BCUT2D eigenvalue weighted by Crippen LogP contribution is -2.43. The van der Waals surface area contributed by atoms with Gasteiger partial charge in [-0.2, -0.15) is 0 Å². The van der Waals surface area contributed by atoms with E-state index in [1.54, 1.807) is 17.8 Å². The summed E-state index contributed by atoms with van der Waals surface area (Å²) in [4.78, 5) is 1.05.